The van der Waals surface area contributed by atoms with Crippen molar-refractivity contribution in [2.45, 2.75) is 58.3 Å². The summed E-state index contributed by atoms with van der Waals surface area (Å²) < 4.78 is 0. The SMILES string of the molecule is [CH]=CCC=CCCCCCCCC. The summed E-state index contributed by atoms with van der Waals surface area (Å²) in [6.07, 6.45) is 16.5. The van der Waals surface area contributed by atoms with Gasteiger partial charge in [0.1, 0.15) is 0 Å². The van der Waals surface area contributed by atoms with Gasteiger partial charge in [-0.25, -0.2) is 0 Å². The molecule has 0 saturated carbocycles. The minimum absolute atomic E-state index is 0.913. The van der Waals surface area contributed by atoms with Crippen LogP contribution < -0.4 is 0 Å². The number of hydrogen-bond donors (Lipinski definition) is 0. The molecule has 0 aromatic rings. The van der Waals surface area contributed by atoms with E-state index >= 15 is 0 Å². The third-order valence-electron chi connectivity index (χ3n) is 2.16. The number of hydrogen-bond acceptors (Lipinski definition) is 0. The second kappa shape index (κ2) is 11.5. The fourth-order valence-electron chi connectivity index (χ4n) is 1.34. The van der Waals surface area contributed by atoms with Gasteiger partial charge in [0, 0.05) is 0 Å². The maximum atomic E-state index is 5.25. The molecule has 0 unspecified atom stereocenters. The van der Waals surface area contributed by atoms with E-state index in [4.69, 9.17) is 6.58 Å². The molecule has 0 aliphatic heterocycles. The Morgan fingerprint density at radius 2 is 1.62 bits per heavy atom. The topological polar surface area (TPSA) is 0 Å². The van der Waals surface area contributed by atoms with Gasteiger partial charge in [0.05, 0.1) is 0 Å². The summed E-state index contributed by atoms with van der Waals surface area (Å²) in [5.74, 6) is 0. The maximum Gasteiger partial charge on any atom is -0.0166 e. The summed E-state index contributed by atoms with van der Waals surface area (Å²) in [4.78, 5) is 0. The molecule has 0 bridgehead atoms. The van der Waals surface area contributed by atoms with Crippen molar-refractivity contribution in [2.75, 3.05) is 0 Å². The molecule has 0 aliphatic carbocycles. The van der Waals surface area contributed by atoms with Crippen molar-refractivity contribution in [2.24, 2.45) is 0 Å². The molecule has 0 spiro atoms. The molecule has 0 heterocycles. The van der Waals surface area contributed by atoms with Gasteiger partial charge in [-0.3, -0.25) is 0 Å². The van der Waals surface area contributed by atoms with E-state index in [0.29, 0.717) is 0 Å². The van der Waals surface area contributed by atoms with Crippen molar-refractivity contribution in [1.29, 1.82) is 0 Å². The highest BCUT2D eigenvalue weighted by Crippen LogP contribution is 2.07. The molecule has 0 fully saturated rings. The van der Waals surface area contributed by atoms with E-state index in [0.717, 1.165) is 6.42 Å². The molecule has 0 heteroatoms. The van der Waals surface area contributed by atoms with Crippen LogP contribution in [0.15, 0.2) is 18.2 Å². The molecule has 0 aromatic carbocycles. The van der Waals surface area contributed by atoms with Crippen molar-refractivity contribution >= 4 is 0 Å². The second-order valence-corrected chi connectivity index (χ2v) is 3.50. The molecule has 1 radical (unpaired) electrons. The third kappa shape index (κ3) is 11.5. The minimum atomic E-state index is 0.913. The van der Waals surface area contributed by atoms with Gasteiger partial charge in [-0.2, -0.15) is 0 Å². The molecular weight excluding hydrogens is 156 g/mol. The molecule has 0 aromatic heterocycles. The fraction of sp³-hybridized carbons (Fsp3) is 0.692. The van der Waals surface area contributed by atoms with Crippen LogP contribution in [0.25, 0.3) is 0 Å². The number of rotatable bonds is 9. The lowest BCUT2D eigenvalue weighted by molar-refractivity contribution is 0.611. The van der Waals surface area contributed by atoms with Crippen LogP contribution in [0.5, 0.6) is 0 Å². The zero-order chi connectivity index (χ0) is 9.78. The van der Waals surface area contributed by atoms with Gasteiger partial charge in [0.2, 0.25) is 0 Å². The Morgan fingerprint density at radius 1 is 0.923 bits per heavy atom. The standard InChI is InChI=1S/C13H23/c1-3-5-7-9-11-13-12-10-8-6-4-2/h1,3,7,9H,4-6,8,10-13H2,2H3. The van der Waals surface area contributed by atoms with Gasteiger partial charge < -0.3 is 0 Å². The van der Waals surface area contributed by atoms with Crippen molar-refractivity contribution in [3.8, 4) is 0 Å². The summed E-state index contributed by atoms with van der Waals surface area (Å²) in [5.41, 5.74) is 0. The number of unbranched alkanes of at least 4 members (excludes halogenated alkanes) is 6. The van der Waals surface area contributed by atoms with Crippen LogP contribution in [-0.2, 0) is 0 Å². The van der Waals surface area contributed by atoms with Crippen LogP contribution in [0.3, 0.4) is 0 Å². The van der Waals surface area contributed by atoms with Gasteiger partial charge >= 0.3 is 0 Å². The smallest absolute Gasteiger partial charge is 0.0166 e. The zero-order valence-corrected chi connectivity index (χ0v) is 8.97. The summed E-state index contributed by atoms with van der Waals surface area (Å²) >= 11 is 0. The molecule has 13 heavy (non-hydrogen) atoms. The van der Waals surface area contributed by atoms with Crippen LogP contribution in [-0.4, -0.2) is 0 Å². The second-order valence-electron chi connectivity index (χ2n) is 3.50. The van der Waals surface area contributed by atoms with E-state index in [1.54, 1.807) is 6.08 Å². The van der Waals surface area contributed by atoms with Crippen molar-refractivity contribution in [1.82, 2.24) is 0 Å². The first kappa shape index (κ1) is 12.5. The van der Waals surface area contributed by atoms with Crippen molar-refractivity contribution in [3.63, 3.8) is 0 Å². The maximum absolute atomic E-state index is 5.25. The van der Waals surface area contributed by atoms with Crippen molar-refractivity contribution in [3.05, 3.63) is 24.8 Å². The Kier molecular flexibility index (Phi) is 11.0. The molecule has 0 amide bonds. The molecular formula is C13H23. The average Bonchev–Trinajstić information content (AvgIpc) is 2.16. The van der Waals surface area contributed by atoms with Gasteiger partial charge in [0.15, 0.2) is 0 Å². The van der Waals surface area contributed by atoms with Gasteiger partial charge in [-0.05, 0) is 19.3 Å². The Hall–Kier alpha value is -0.520. The fourth-order valence-corrected chi connectivity index (χ4v) is 1.34. The van der Waals surface area contributed by atoms with Crippen LogP contribution >= 0.6 is 0 Å². The summed E-state index contributed by atoms with van der Waals surface area (Å²) in [6, 6.07) is 0. The van der Waals surface area contributed by atoms with Crippen molar-refractivity contribution < 1.29 is 0 Å². The summed E-state index contributed by atoms with van der Waals surface area (Å²) in [6.45, 7) is 7.50. The Morgan fingerprint density at radius 3 is 2.31 bits per heavy atom. The van der Waals surface area contributed by atoms with E-state index in [1.807, 2.05) is 0 Å². The number of allylic oxidation sites excluding steroid dienone is 3. The lowest BCUT2D eigenvalue weighted by Gasteiger charge is -1.97. The molecule has 0 N–H and O–H groups in total. The molecule has 0 atom stereocenters. The average molecular weight is 179 g/mol. The molecule has 75 valence electrons. The first-order chi connectivity index (χ1) is 6.41. The molecule has 0 nitrogen and oxygen atoms in total. The van der Waals surface area contributed by atoms with Gasteiger partial charge in [-0.15, -0.1) is 0 Å². The van der Waals surface area contributed by atoms with Crippen LogP contribution in [0.1, 0.15) is 58.3 Å². The van der Waals surface area contributed by atoms with Crippen LogP contribution in [0.2, 0.25) is 0 Å². The quantitative estimate of drug-likeness (QED) is 0.356. The lowest BCUT2D eigenvalue weighted by atomic mass is 10.1. The van der Waals surface area contributed by atoms with E-state index in [9.17, 15) is 0 Å². The van der Waals surface area contributed by atoms with E-state index < -0.39 is 0 Å². The van der Waals surface area contributed by atoms with Gasteiger partial charge in [-0.1, -0.05) is 63.8 Å². The Balaban J connectivity index is 2.94. The molecule has 0 aliphatic rings. The summed E-state index contributed by atoms with van der Waals surface area (Å²) in [7, 11) is 0. The zero-order valence-electron chi connectivity index (χ0n) is 8.97. The van der Waals surface area contributed by atoms with E-state index in [-0.39, 0.29) is 0 Å². The summed E-state index contributed by atoms with van der Waals surface area (Å²) in [5, 5.41) is 0. The van der Waals surface area contributed by atoms with E-state index in [2.05, 4.69) is 19.1 Å². The molecule has 0 saturated heterocycles. The highest BCUT2D eigenvalue weighted by Gasteiger charge is 1.87. The first-order valence-corrected chi connectivity index (χ1v) is 5.60. The predicted molar refractivity (Wildman–Crippen MR) is 60.6 cm³/mol. The van der Waals surface area contributed by atoms with Crippen LogP contribution in [0.4, 0.5) is 0 Å². The largest absolute Gasteiger partial charge is 0.0882 e. The monoisotopic (exact) mass is 179 g/mol. The van der Waals surface area contributed by atoms with Gasteiger partial charge in [0.25, 0.3) is 0 Å². The highest BCUT2D eigenvalue weighted by atomic mass is 13.9. The minimum Gasteiger partial charge on any atom is -0.0882 e. The van der Waals surface area contributed by atoms with E-state index in [1.165, 1.54) is 44.9 Å². The lowest BCUT2D eigenvalue weighted by Crippen LogP contribution is -1.77. The van der Waals surface area contributed by atoms with Crippen LogP contribution in [0, 0.1) is 6.58 Å². The third-order valence-corrected chi connectivity index (χ3v) is 2.16. The predicted octanol–water partition coefficient (Wildman–Crippen LogP) is 4.67. The normalized spacial score (nSPS) is 10.8. The molecule has 0 rings (SSSR count). The Labute approximate surface area is 83.7 Å². The Bertz CT molecular complexity index is 122. The highest BCUT2D eigenvalue weighted by molar-refractivity contribution is 4.86. The first-order valence-electron chi connectivity index (χ1n) is 5.60.